The lowest BCUT2D eigenvalue weighted by molar-refractivity contribution is -0.193. The fourth-order valence-corrected chi connectivity index (χ4v) is 6.49. The second-order valence-corrected chi connectivity index (χ2v) is 13.1. The van der Waals surface area contributed by atoms with Gasteiger partial charge in [-0.2, -0.15) is 0 Å². The summed E-state index contributed by atoms with van der Waals surface area (Å²) in [6, 6.07) is 10.3. The topological polar surface area (TPSA) is 75.6 Å². The van der Waals surface area contributed by atoms with Gasteiger partial charge in [0.05, 0.1) is 43.2 Å². The molecule has 0 aromatic heterocycles. The van der Waals surface area contributed by atoms with Crippen LogP contribution in [0.15, 0.2) is 30.3 Å². The van der Waals surface area contributed by atoms with Crippen molar-refractivity contribution in [2.45, 2.75) is 173 Å². The van der Waals surface area contributed by atoms with Gasteiger partial charge in [0.25, 0.3) is 0 Å². The Morgan fingerprint density at radius 3 is 2.21 bits per heavy atom. The number of unbranched alkanes of at least 4 members (excludes halogenated alkanes) is 8. The van der Waals surface area contributed by atoms with E-state index in [1.165, 1.54) is 50.5 Å². The van der Waals surface area contributed by atoms with E-state index in [2.05, 4.69) is 19.1 Å². The van der Waals surface area contributed by atoms with Gasteiger partial charge in [0, 0.05) is 13.7 Å². The standard InChI is InChI=1S/C36H62O7/c1-5-6-7-8-9-10-11-15-20-33-32(40-28-38-4)25-24-31(41-33)30(37)22-23-35-34(42-36(2,3)43-35)21-16-17-26-39-27-29-18-13-12-14-19-29/h12-14,18-19,30-35,37H,5-11,15-17,20-28H2,1-4H3/t30-,31+,32-,33+,34-,35+/m1/s1. The van der Waals surface area contributed by atoms with E-state index in [0.717, 1.165) is 58.0 Å². The minimum atomic E-state index is -0.599. The molecule has 0 amide bonds. The third kappa shape index (κ3) is 14.3. The Hall–Kier alpha value is -1.06. The van der Waals surface area contributed by atoms with Gasteiger partial charge in [-0.3, -0.25) is 0 Å². The molecule has 2 fully saturated rings. The second kappa shape index (κ2) is 20.9. The average Bonchev–Trinajstić information content (AvgIpc) is 3.31. The van der Waals surface area contributed by atoms with Crippen molar-refractivity contribution in [3.63, 3.8) is 0 Å². The van der Waals surface area contributed by atoms with E-state index in [9.17, 15) is 5.11 Å². The number of ether oxygens (including phenoxy) is 6. The average molecular weight is 607 g/mol. The highest BCUT2D eigenvalue weighted by molar-refractivity contribution is 5.13. The highest BCUT2D eigenvalue weighted by Crippen LogP contribution is 2.35. The van der Waals surface area contributed by atoms with E-state index in [-0.39, 0.29) is 37.3 Å². The van der Waals surface area contributed by atoms with Gasteiger partial charge in [0.15, 0.2) is 5.79 Å². The first-order chi connectivity index (χ1) is 20.9. The van der Waals surface area contributed by atoms with Crippen LogP contribution in [0.5, 0.6) is 0 Å². The summed E-state index contributed by atoms with van der Waals surface area (Å²) >= 11 is 0. The molecule has 1 N–H and O–H groups in total. The number of hydrogen-bond acceptors (Lipinski definition) is 7. The number of aliphatic hydroxyl groups excluding tert-OH is 1. The van der Waals surface area contributed by atoms with E-state index in [0.29, 0.717) is 13.0 Å². The fourth-order valence-electron chi connectivity index (χ4n) is 6.49. The van der Waals surface area contributed by atoms with Gasteiger partial charge >= 0.3 is 0 Å². The zero-order valence-corrected chi connectivity index (χ0v) is 27.7. The van der Waals surface area contributed by atoms with Crippen LogP contribution in [0.1, 0.15) is 129 Å². The van der Waals surface area contributed by atoms with Crippen LogP contribution in [0.25, 0.3) is 0 Å². The molecule has 2 saturated heterocycles. The van der Waals surface area contributed by atoms with Crippen LogP contribution in [0.3, 0.4) is 0 Å². The first-order valence-electron chi connectivity index (χ1n) is 17.3. The summed E-state index contributed by atoms with van der Waals surface area (Å²) in [4.78, 5) is 0. The first kappa shape index (κ1) is 36.4. The van der Waals surface area contributed by atoms with E-state index in [4.69, 9.17) is 28.4 Å². The van der Waals surface area contributed by atoms with Crippen molar-refractivity contribution >= 4 is 0 Å². The molecule has 2 heterocycles. The lowest BCUT2D eigenvalue weighted by Gasteiger charge is -2.38. The third-order valence-electron chi connectivity index (χ3n) is 8.84. The Kier molecular flexibility index (Phi) is 17.7. The van der Waals surface area contributed by atoms with Gasteiger partial charge in [-0.25, -0.2) is 0 Å². The van der Waals surface area contributed by atoms with Gasteiger partial charge in [-0.1, -0.05) is 88.6 Å². The highest BCUT2D eigenvalue weighted by Gasteiger charge is 2.41. The molecule has 6 atom stereocenters. The monoisotopic (exact) mass is 606 g/mol. The normalized spacial score (nSPS) is 26.1. The molecule has 0 aliphatic carbocycles. The fraction of sp³-hybridized carbons (Fsp3) is 0.833. The van der Waals surface area contributed by atoms with Crippen molar-refractivity contribution in [3.05, 3.63) is 35.9 Å². The molecule has 2 aliphatic heterocycles. The molecule has 248 valence electrons. The maximum atomic E-state index is 11.2. The number of benzene rings is 1. The lowest BCUT2D eigenvalue weighted by Crippen LogP contribution is -2.45. The molecule has 7 heteroatoms. The van der Waals surface area contributed by atoms with Gasteiger partial charge < -0.3 is 33.5 Å². The molecule has 0 radical (unpaired) electrons. The molecule has 3 rings (SSSR count). The van der Waals surface area contributed by atoms with E-state index >= 15 is 0 Å². The largest absolute Gasteiger partial charge is 0.390 e. The van der Waals surface area contributed by atoms with Gasteiger partial charge in [-0.05, 0) is 70.8 Å². The Balaban J connectivity index is 1.38. The third-order valence-corrected chi connectivity index (χ3v) is 8.84. The molecular formula is C36H62O7. The summed E-state index contributed by atoms with van der Waals surface area (Å²) in [5, 5.41) is 11.2. The predicted octanol–water partition coefficient (Wildman–Crippen LogP) is 8.10. The molecule has 0 unspecified atom stereocenters. The van der Waals surface area contributed by atoms with Gasteiger partial charge in [0.2, 0.25) is 0 Å². The van der Waals surface area contributed by atoms with Crippen LogP contribution < -0.4 is 0 Å². The van der Waals surface area contributed by atoms with Gasteiger partial charge in [0.1, 0.15) is 6.79 Å². The quantitative estimate of drug-likeness (QED) is 0.0996. The van der Waals surface area contributed by atoms with Crippen molar-refractivity contribution in [1.82, 2.24) is 0 Å². The van der Waals surface area contributed by atoms with Crippen molar-refractivity contribution in [3.8, 4) is 0 Å². The number of methoxy groups -OCH3 is 1. The zero-order valence-electron chi connectivity index (χ0n) is 27.7. The molecule has 0 saturated carbocycles. The Bertz CT molecular complexity index is 819. The Labute approximate surface area is 262 Å². The van der Waals surface area contributed by atoms with Crippen LogP contribution in [0.2, 0.25) is 0 Å². The van der Waals surface area contributed by atoms with Crippen LogP contribution in [0, 0.1) is 0 Å². The first-order valence-corrected chi connectivity index (χ1v) is 17.3. The molecule has 0 bridgehead atoms. The summed E-state index contributed by atoms with van der Waals surface area (Å²) in [6.45, 7) is 7.91. The van der Waals surface area contributed by atoms with Crippen molar-refractivity contribution < 1.29 is 33.5 Å². The van der Waals surface area contributed by atoms with Crippen LogP contribution in [-0.4, -0.2) is 68.0 Å². The SMILES string of the molecule is CCCCCCCCCC[C@@H]1O[C@H]([C@H](O)CC[C@@H]2OC(C)(C)O[C@@H]2CCCCOCc2ccccc2)CC[C@H]1OCOC. The van der Waals surface area contributed by atoms with Crippen LogP contribution >= 0.6 is 0 Å². The minimum absolute atomic E-state index is 0.00509. The minimum Gasteiger partial charge on any atom is -0.390 e. The molecule has 1 aromatic rings. The Morgan fingerprint density at radius 1 is 0.837 bits per heavy atom. The van der Waals surface area contributed by atoms with Crippen molar-refractivity contribution in [2.75, 3.05) is 20.5 Å². The second-order valence-electron chi connectivity index (χ2n) is 13.1. The molecule has 43 heavy (non-hydrogen) atoms. The van der Waals surface area contributed by atoms with Crippen molar-refractivity contribution in [1.29, 1.82) is 0 Å². The van der Waals surface area contributed by atoms with Gasteiger partial charge in [-0.15, -0.1) is 0 Å². The highest BCUT2D eigenvalue weighted by atomic mass is 16.8. The maximum absolute atomic E-state index is 11.2. The molecular weight excluding hydrogens is 544 g/mol. The smallest absolute Gasteiger partial charge is 0.163 e. The molecule has 1 aromatic carbocycles. The van der Waals surface area contributed by atoms with Crippen molar-refractivity contribution in [2.24, 2.45) is 0 Å². The summed E-state index contributed by atoms with van der Waals surface area (Å²) < 4.78 is 36.1. The summed E-state index contributed by atoms with van der Waals surface area (Å²) in [5.74, 6) is -0.599. The molecule has 0 spiro atoms. The number of rotatable bonds is 23. The maximum Gasteiger partial charge on any atom is 0.163 e. The predicted molar refractivity (Wildman–Crippen MR) is 171 cm³/mol. The van der Waals surface area contributed by atoms with E-state index in [1.54, 1.807) is 7.11 Å². The molecule has 2 aliphatic rings. The van der Waals surface area contributed by atoms with Crippen LogP contribution in [-0.2, 0) is 35.0 Å². The summed E-state index contributed by atoms with van der Waals surface area (Å²) in [7, 11) is 1.66. The molecule has 7 nitrogen and oxygen atoms in total. The summed E-state index contributed by atoms with van der Waals surface area (Å²) in [6.07, 6.45) is 16.6. The van der Waals surface area contributed by atoms with E-state index in [1.807, 2.05) is 32.0 Å². The summed E-state index contributed by atoms with van der Waals surface area (Å²) in [5.41, 5.74) is 1.20. The Morgan fingerprint density at radius 2 is 1.49 bits per heavy atom. The van der Waals surface area contributed by atoms with E-state index < -0.39 is 11.9 Å². The lowest BCUT2D eigenvalue weighted by atomic mass is 9.92. The van der Waals surface area contributed by atoms with Crippen LogP contribution in [0.4, 0.5) is 0 Å². The number of hydrogen-bond donors (Lipinski definition) is 1. The number of aliphatic hydroxyl groups is 1. The zero-order chi connectivity index (χ0) is 30.8.